The van der Waals surface area contributed by atoms with Gasteiger partial charge in [0.15, 0.2) is 0 Å². The number of piperazine rings is 1. The third-order valence-corrected chi connectivity index (χ3v) is 4.57. The van der Waals surface area contributed by atoms with E-state index in [0.717, 1.165) is 58.8 Å². The standard InChI is InChI=1S/C15H28N4O2.2ClH/c1-3-18(4-2)14(20)12-17-7-9-19(10-8-17)15(21)13-5-6-16-11-13;;/h13,16H,3-12H2,1-2H3;2*1H. The first-order valence-electron chi connectivity index (χ1n) is 8.15. The van der Waals surface area contributed by atoms with Crippen molar-refractivity contribution >= 4 is 36.6 Å². The van der Waals surface area contributed by atoms with E-state index in [2.05, 4.69) is 10.2 Å². The van der Waals surface area contributed by atoms with Gasteiger partial charge in [-0.2, -0.15) is 0 Å². The van der Waals surface area contributed by atoms with E-state index >= 15 is 0 Å². The van der Waals surface area contributed by atoms with Crippen LogP contribution in [-0.4, -0.2) is 85.4 Å². The van der Waals surface area contributed by atoms with Crippen LogP contribution < -0.4 is 5.32 Å². The molecule has 0 spiro atoms. The molecule has 6 nitrogen and oxygen atoms in total. The molecule has 0 aromatic heterocycles. The predicted octanol–water partition coefficient (Wildman–Crippen LogP) is 0.452. The minimum atomic E-state index is 0. The Bertz CT molecular complexity index is 366. The first-order chi connectivity index (χ1) is 10.2. The predicted molar refractivity (Wildman–Crippen MR) is 96.4 cm³/mol. The van der Waals surface area contributed by atoms with Gasteiger partial charge in [-0.15, -0.1) is 24.8 Å². The Morgan fingerprint density at radius 1 is 1.09 bits per heavy atom. The Morgan fingerprint density at radius 2 is 1.70 bits per heavy atom. The number of halogens is 2. The van der Waals surface area contributed by atoms with E-state index in [9.17, 15) is 9.59 Å². The maximum Gasteiger partial charge on any atom is 0.236 e. The van der Waals surface area contributed by atoms with Crippen LogP contribution in [0.2, 0.25) is 0 Å². The van der Waals surface area contributed by atoms with Gasteiger partial charge in [0.1, 0.15) is 0 Å². The lowest BCUT2D eigenvalue weighted by Gasteiger charge is -2.36. The Kier molecular flexibility index (Phi) is 10.8. The van der Waals surface area contributed by atoms with E-state index in [1.165, 1.54) is 0 Å². The number of carbonyl (C=O) groups is 2. The van der Waals surface area contributed by atoms with Crippen molar-refractivity contribution in [1.82, 2.24) is 20.0 Å². The van der Waals surface area contributed by atoms with Crippen molar-refractivity contribution in [2.45, 2.75) is 20.3 Å². The number of hydrogen-bond donors (Lipinski definition) is 1. The molecule has 1 atom stereocenters. The molecule has 2 aliphatic heterocycles. The van der Waals surface area contributed by atoms with E-state index in [1.807, 2.05) is 23.6 Å². The number of likely N-dealkylation sites (N-methyl/N-ethyl adjacent to an activating group) is 1. The molecule has 2 rings (SSSR count). The second kappa shape index (κ2) is 11.1. The fourth-order valence-electron chi connectivity index (χ4n) is 3.12. The van der Waals surface area contributed by atoms with Crippen LogP contribution in [0.1, 0.15) is 20.3 Å². The largest absolute Gasteiger partial charge is 0.342 e. The summed E-state index contributed by atoms with van der Waals surface area (Å²) in [4.78, 5) is 30.4. The molecule has 1 unspecified atom stereocenters. The molecule has 2 saturated heterocycles. The summed E-state index contributed by atoms with van der Waals surface area (Å²) < 4.78 is 0. The lowest BCUT2D eigenvalue weighted by molar-refractivity contribution is -0.137. The van der Waals surface area contributed by atoms with Gasteiger partial charge in [0.05, 0.1) is 12.5 Å². The van der Waals surface area contributed by atoms with Crippen LogP contribution in [0.4, 0.5) is 0 Å². The van der Waals surface area contributed by atoms with Crippen LogP contribution in [0.3, 0.4) is 0 Å². The number of rotatable bonds is 5. The molecule has 8 heteroatoms. The van der Waals surface area contributed by atoms with E-state index in [1.54, 1.807) is 0 Å². The van der Waals surface area contributed by atoms with E-state index < -0.39 is 0 Å². The number of carbonyl (C=O) groups excluding carboxylic acids is 2. The van der Waals surface area contributed by atoms with Gasteiger partial charge in [-0.3, -0.25) is 14.5 Å². The van der Waals surface area contributed by atoms with Crippen LogP contribution in [0, 0.1) is 5.92 Å². The van der Waals surface area contributed by atoms with E-state index in [0.29, 0.717) is 6.54 Å². The van der Waals surface area contributed by atoms with Crippen molar-refractivity contribution in [3.63, 3.8) is 0 Å². The van der Waals surface area contributed by atoms with E-state index in [-0.39, 0.29) is 42.5 Å². The summed E-state index contributed by atoms with van der Waals surface area (Å²) in [6, 6.07) is 0. The SMILES string of the molecule is CCN(CC)C(=O)CN1CCN(C(=O)C2CCNC2)CC1.Cl.Cl. The topological polar surface area (TPSA) is 55.9 Å². The fraction of sp³-hybridized carbons (Fsp3) is 0.867. The molecule has 136 valence electrons. The van der Waals surface area contributed by atoms with E-state index in [4.69, 9.17) is 0 Å². The molecule has 2 heterocycles. The molecule has 1 N–H and O–H groups in total. The van der Waals surface area contributed by atoms with Gasteiger partial charge in [0, 0.05) is 45.8 Å². The summed E-state index contributed by atoms with van der Waals surface area (Å²) in [6.07, 6.45) is 0.958. The Morgan fingerprint density at radius 3 is 2.17 bits per heavy atom. The van der Waals surface area contributed by atoms with Gasteiger partial charge in [-0.1, -0.05) is 0 Å². The molecule has 2 aliphatic rings. The molecular formula is C15H30Cl2N4O2. The van der Waals surface area contributed by atoms with Crippen LogP contribution in [0.15, 0.2) is 0 Å². The Labute approximate surface area is 151 Å². The average Bonchev–Trinajstić information content (AvgIpc) is 3.03. The zero-order valence-corrected chi connectivity index (χ0v) is 15.8. The van der Waals surface area contributed by atoms with Crippen molar-refractivity contribution in [2.24, 2.45) is 5.92 Å². The van der Waals surface area contributed by atoms with Crippen LogP contribution in [-0.2, 0) is 9.59 Å². The normalized spacial score (nSPS) is 21.3. The van der Waals surface area contributed by atoms with Gasteiger partial charge in [-0.25, -0.2) is 0 Å². The lowest BCUT2D eigenvalue weighted by Crippen LogP contribution is -2.52. The van der Waals surface area contributed by atoms with Crippen molar-refractivity contribution in [2.75, 3.05) is 58.9 Å². The molecule has 0 aliphatic carbocycles. The zero-order valence-electron chi connectivity index (χ0n) is 14.1. The molecule has 0 saturated carbocycles. The minimum absolute atomic E-state index is 0. The first kappa shape index (κ1) is 22.4. The molecule has 2 fully saturated rings. The highest BCUT2D eigenvalue weighted by atomic mass is 35.5. The summed E-state index contributed by atoms with van der Waals surface area (Å²) in [5, 5.41) is 3.24. The summed E-state index contributed by atoms with van der Waals surface area (Å²) in [6.45, 7) is 10.9. The summed E-state index contributed by atoms with van der Waals surface area (Å²) in [7, 11) is 0. The van der Waals surface area contributed by atoms with Gasteiger partial charge >= 0.3 is 0 Å². The highest BCUT2D eigenvalue weighted by molar-refractivity contribution is 5.85. The van der Waals surface area contributed by atoms with Crippen molar-refractivity contribution in [3.05, 3.63) is 0 Å². The number of amides is 2. The molecule has 2 amide bonds. The molecule has 0 aromatic carbocycles. The average molecular weight is 369 g/mol. The monoisotopic (exact) mass is 368 g/mol. The second-order valence-electron chi connectivity index (χ2n) is 5.86. The van der Waals surface area contributed by atoms with Crippen LogP contribution >= 0.6 is 24.8 Å². The van der Waals surface area contributed by atoms with Gasteiger partial charge < -0.3 is 15.1 Å². The molecule has 0 bridgehead atoms. The number of nitrogens with zero attached hydrogens (tertiary/aromatic N) is 3. The summed E-state index contributed by atoms with van der Waals surface area (Å²) >= 11 is 0. The van der Waals surface area contributed by atoms with Gasteiger partial charge in [0.25, 0.3) is 0 Å². The quantitative estimate of drug-likeness (QED) is 0.765. The first-order valence-corrected chi connectivity index (χ1v) is 8.15. The zero-order chi connectivity index (χ0) is 15.2. The van der Waals surface area contributed by atoms with Crippen molar-refractivity contribution < 1.29 is 9.59 Å². The third kappa shape index (κ3) is 6.10. The summed E-state index contributed by atoms with van der Waals surface area (Å²) in [5.74, 6) is 0.642. The Balaban J connectivity index is 0.00000242. The highest BCUT2D eigenvalue weighted by Gasteiger charge is 2.29. The second-order valence-corrected chi connectivity index (χ2v) is 5.86. The molecular weight excluding hydrogens is 339 g/mol. The van der Waals surface area contributed by atoms with Gasteiger partial charge in [0.2, 0.25) is 11.8 Å². The molecule has 23 heavy (non-hydrogen) atoms. The number of hydrogen-bond acceptors (Lipinski definition) is 4. The maximum absolute atomic E-state index is 12.3. The highest BCUT2D eigenvalue weighted by Crippen LogP contribution is 2.13. The smallest absolute Gasteiger partial charge is 0.236 e. The third-order valence-electron chi connectivity index (χ3n) is 4.57. The maximum atomic E-state index is 12.3. The molecule has 0 aromatic rings. The minimum Gasteiger partial charge on any atom is -0.342 e. The molecule has 0 radical (unpaired) electrons. The van der Waals surface area contributed by atoms with Crippen molar-refractivity contribution in [3.8, 4) is 0 Å². The van der Waals surface area contributed by atoms with Crippen LogP contribution in [0.5, 0.6) is 0 Å². The summed E-state index contributed by atoms with van der Waals surface area (Å²) in [5.41, 5.74) is 0. The van der Waals surface area contributed by atoms with Gasteiger partial charge in [-0.05, 0) is 26.8 Å². The van der Waals surface area contributed by atoms with Crippen molar-refractivity contribution in [1.29, 1.82) is 0 Å². The lowest BCUT2D eigenvalue weighted by atomic mass is 10.1. The fourth-order valence-corrected chi connectivity index (χ4v) is 3.12. The van der Waals surface area contributed by atoms with Crippen LogP contribution in [0.25, 0.3) is 0 Å². The Hall–Kier alpha value is -0.560. The number of nitrogens with one attached hydrogen (secondary N) is 1.